The molecule has 1 aromatic carbocycles. The van der Waals surface area contributed by atoms with Crippen LogP contribution in [0.4, 0.5) is 4.39 Å². The average molecular weight is 199 g/mol. The third-order valence-corrected chi connectivity index (χ3v) is 1.59. The maximum absolute atomic E-state index is 13.0. The Labute approximate surface area is 80.0 Å². The number of aromatic hydroxyl groups is 1. The van der Waals surface area contributed by atoms with E-state index in [2.05, 4.69) is 5.32 Å². The molecule has 0 spiro atoms. The second-order valence-electron chi connectivity index (χ2n) is 2.64. The zero-order chi connectivity index (χ0) is 10.6. The van der Waals surface area contributed by atoms with Crippen molar-refractivity contribution in [1.29, 1.82) is 0 Å². The first kappa shape index (κ1) is 10.5. The summed E-state index contributed by atoms with van der Waals surface area (Å²) in [7, 11) is 0. The van der Waals surface area contributed by atoms with Crippen LogP contribution in [-0.2, 0) is 0 Å². The third-order valence-electron chi connectivity index (χ3n) is 1.59. The van der Waals surface area contributed by atoms with Crippen molar-refractivity contribution in [2.45, 2.75) is 0 Å². The molecular weight excluding hydrogens is 189 g/mol. The third kappa shape index (κ3) is 2.43. The number of phenols is 1. The molecule has 0 atom stereocenters. The van der Waals surface area contributed by atoms with Crippen molar-refractivity contribution in [3.63, 3.8) is 0 Å². The zero-order valence-electron chi connectivity index (χ0n) is 7.33. The maximum atomic E-state index is 13.0. The summed E-state index contributed by atoms with van der Waals surface area (Å²) in [6.07, 6.45) is 0. The van der Waals surface area contributed by atoms with E-state index in [1.54, 1.807) is 0 Å². The van der Waals surface area contributed by atoms with Gasteiger partial charge < -0.3 is 15.5 Å². The molecular formula is C9H10FNO3. The van der Waals surface area contributed by atoms with Crippen molar-refractivity contribution in [3.8, 4) is 5.75 Å². The number of amides is 1. The predicted molar refractivity (Wildman–Crippen MR) is 47.5 cm³/mol. The topological polar surface area (TPSA) is 69.6 Å². The molecule has 1 amide bonds. The van der Waals surface area contributed by atoms with Crippen molar-refractivity contribution in [3.05, 3.63) is 29.6 Å². The van der Waals surface area contributed by atoms with Crippen LogP contribution in [0.1, 0.15) is 10.4 Å². The van der Waals surface area contributed by atoms with E-state index < -0.39 is 11.7 Å². The van der Waals surface area contributed by atoms with Crippen LogP contribution in [0.3, 0.4) is 0 Å². The van der Waals surface area contributed by atoms with Gasteiger partial charge in [-0.15, -0.1) is 0 Å². The minimum absolute atomic E-state index is 0.0686. The second-order valence-corrected chi connectivity index (χ2v) is 2.64. The fraction of sp³-hybridized carbons (Fsp3) is 0.222. The standard InChI is InChI=1S/C9H10FNO3/c10-8-5-6(13)1-2-7(8)9(14)11-3-4-12/h1-2,5,12-13H,3-4H2,(H,11,14). The van der Waals surface area contributed by atoms with Gasteiger partial charge in [0.15, 0.2) is 0 Å². The van der Waals surface area contributed by atoms with Gasteiger partial charge in [-0.05, 0) is 12.1 Å². The lowest BCUT2D eigenvalue weighted by Crippen LogP contribution is -2.27. The van der Waals surface area contributed by atoms with Gasteiger partial charge >= 0.3 is 0 Å². The number of halogens is 1. The van der Waals surface area contributed by atoms with Crippen LogP contribution in [0.2, 0.25) is 0 Å². The van der Waals surface area contributed by atoms with Crippen LogP contribution in [0.5, 0.6) is 5.75 Å². The van der Waals surface area contributed by atoms with Crippen LogP contribution < -0.4 is 5.32 Å². The molecule has 0 aromatic heterocycles. The number of benzene rings is 1. The number of hydrogen-bond acceptors (Lipinski definition) is 3. The fourth-order valence-electron chi connectivity index (χ4n) is 0.953. The molecule has 0 aliphatic heterocycles. The molecule has 5 heteroatoms. The van der Waals surface area contributed by atoms with Crippen LogP contribution >= 0.6 is 0 Å². The SMILES string of the molecule is O=C(NCCO)c1ccc(O)cc1F. The molecule has 1 rings (SSSR count). The van der Waals surface area contributed by atoms with E-state index >= 15 is 0 Å². The second kappa shape index (κ2) is 4.57. The lowest BCUT2D eigenvalue weighted by Gasteiger charge is -2.04. The summed E-state index contributed by atoms with van der Waals surface area (Å²) in [5.41, 5.74) is -0.156. The van der Waals surface area contributed by atoms with Crippen molar-refractivity contribution >= 4 is 5.91 Å². The van der Waals surface area contributed by atoms with Gasteiger partial charge in [-0.25, -0.2) is 4.39 Å². The number of hydrogen-bond donors (Lipinski definition) is 3. The van der Waals surface area contributed by atoms with Crippen molar-refractivity contribution < 1.29 is 19.4 Å². The van der Waals surface area contributed by atoms with Crippen LogP contribution in [0.15, 0.2) is 18.2 Å². The Morgan fingerprint density at radius 1 is 1.50 bits per heavy atom. The van der Waals surface area contributed by atoms with Gasteiger partial charge in [-0.2, -0.15) is 0 Å². The number of phenolic OH excluding ortho intramolecular Hbond substituents is 1. The van der Waals surface area contributed by atoms with E-state index in [1.807, 2.05) is 0 Å². The summed E-state index contributed by atoms with van der Waals surface area (Å²) in [5.74, 6) is -1.64. The van der Waals surface area contributed by atoms with Gasteiger partial charge in [-0.3, -0.25) is 4.79 Å². The molecule has 0 unspecified atom stereocenters. The van der Waals surface area contributed by atoms with Gasteiger partial charge in [0.25, 0.3) is 5.91 Å². The summed E-state index contributed by atoms with van der Waals surface area (Å²) in [4.78, 5) is 11.2. The van der Waals surface area contributed by atoms with E-state index in [0.29, 0.717) is 0 Å². The first-order chi connectivity index (χ1) is 6.65. The molecule has 14 heavy (non-hydrogen) atoms. The minimum Gasteiger partial charge on any atom is -0.508 e. The molecule has 76 valence electrons. The molecule has 0 saturated heterocycles. The Morgan fingerprint density at radius 2 is 2.21 bits per heavy atom. The zero-order valence-corrected chi connectivity index (χ0v) is 7.33. The van der Waals surface area contributed by atoms with Crippen molar-refractivity contribution in [2.75, 3.05) is 13.2 Å². The number of carbonyl (C=O) groups excluding carboxylic acids is 1. The molecule has 3 N–H and O–H groups in total. The van der Waals surface area contributed by atoms with E-state index in [4.69, 9.17) is 10.2 Å². The van der Waals surface area contributed by atoms with Crippen molar-refractivity contribution in [2.24, 2.45) is 0 Å². The number of rotatable bonds is 3. The van der Waals surface area contributed by atoms with Crippen molar-refractivity contribution in [1.82, 2.24) is 5.32 Å². The molecule has 1 aromatic rings. The molecule has 0 radical (unpaired) electrons. The highest BCUT2D eigenvalue weighted by Crippen LogP contribution is 2.14. The number of carbonyl (C=O) groups is 1. The number of aliphatic hydroxyl groups excluding tert-OH is 1. The summed E-state index contributed by atoms with van der Waals surface area (Å²) < 4.78 is 13.0. The molecule has 0 saturated carbocycles. The normalized spacial score (nSPS) is 9.86. The molecule has 0 heterocycles. The Kier molecular flexibility index (Phi) is 3.41. The van der Waals surface area contributed by atoms with E-state index in [-0.39, 0.29) is 24.5 Å². The van der Waals surface area contributed by atoms with E-state index in [9.17, 15) is 9.18 Å². The molecule has 0 bridgehead atoms. The maximum Gasteiger partial charge on any atom is 0.254 e. The molecule has 0 aliphatic carbocycles. The highest BCUT2D eigenvalue weighted by atomic mass is 19.1. The summed E-state index contributed by atoms with van der Waals surface area (Å²) in [5, 5.41) is 19.6. The Balaban J connectivity index is 2.80. The largest absolute Gasteiger partial charge is 0.508 e. The minimum atomic E-state index is -0.791. The Morgan fingerprint density at radius 3 is 2.79 bits per heavy atom. The smallest absolute Gasteiger partial charge is 0.254 e. The summed E-state index contributed by atoms with van der Waals surface area (Å²) in [6, 6.07) is 3.25. The van der Waals surface area contributed by atoms with E-state index in [1.165, 1.54) is 12.1 Å². The fourth-order valence-corrected chi connectivity index (χ4v) is 0.953. The van der Waals surface area contributed by atoms with Gasteiger partial charge in [0.2, 0.25) is 0 Å². The van der Waals surface area contributed by atoms with Gasteiger partial charge in [-0.1, -0.05) is 0 Å². The van der Waals surface area contributed by atoms with Gasteiger partial charge in [0.1, 0.15) is 11.6 Å². The van der Waals surface area contributed by atoms with Crippen LogP contribution in [0, 0.1) is 5.82 Å². The lowest BCUT2D eigenvalue weighted by molar-refractivity contribution is 0.0940. The lowest BCUT2D eigenvalue weighted by atomic mass is 10.2. The van der Waals surface area contributed by atoms with Crippen LogP contribution in [-0.4, -0.2) is 29.3 Å². The monoisotopic (exact) mass is 199 g/mol. The Bertz CT molecular complexity index is 341. The first-order valence-electron chi connectivity index (χ1n) is 4.02. The first-order valence-corrected chi connectivity index (χ1v) is 4.02. The summed E-state index contributed by atoms with van der Waals surface area (Å²) >= 11 is 0. The average Bonchev–Trinajstić information content (AvgIpc) is 2.14. The Hall–Kier alpha value is -1.62. The molecule has 4 nitrogen and oxygen atoms in total. The summed E-state index contributed by atoms with van der Waals surface area (Å²) in [6.45, 7) is -0.134. The number of aliphatic hydroxyl groups is 1. The highest BCUT2D eigenvalue weighted by molar-refractivity contribution is 5.94. The number of nitrogens with one attached hydrogen (secondary N) is 1. The van der Waals surface area contributed by atoms with Crippen LogP contribution in [0.25, 0.3) is 0 Å². The van der Waals surface area contributed by atoms with E-state index in [0.717, 1.165) is 6.07 Å². The molecule has 0 aliphatic rings. The van der Waals surface area contributed by atoms with Gasteiger partial charge in [0.05, 0.1) is 12.2 Å². The highest BCUT2D eigenvalue weighted by Gasteiger charge is 2.10. The molecule has 0 fully saturated rings. The quantitative estimate of drug-likeness (QED) is 0.653. The van der Waals surface area contributed by atoms with Gasteiger partial charge in [0, 0.05) is 12.6 Å². The predicted octanol–water partition coefficient (Wildman–Crippen LogP) is 0.253.